The van der Waals surface area contributed by atoms with Crippen LogP contribution in [-0.4, -0.2) is 37.7 Å². The zero-order valence-corrected chi connectivity index (χ0v) is 10.6. The average Bonchev–Trinajstić information content (AvgIpc) is 2.18. The van der Waals surface area contributed by atoms with E-state index in [4.69, 9.17) is 4.74 Å². The summed E-state index contributed by atoms with van der Waals surface area (Å²) in [5.41, 5.74) is 0. The van der Waals surface area contributed by atoms with Crippen molar-refractivity contribution in [1.29, 1.82) is 0 Å². The lowest BCUT2D eigenvalue weighted by molar-refractivity contribution is -0.120. The van der Waals surface area contributed by atoms with Crippen LogP contribution in [0.5, 0.6) is 0 Å². The van der Waals surface area contributed by atoms with Crippen molar-refractivity contribution < 1.29 is 9.53 Å². The van der Waals surface area contributed by atoms with Crippen LogP contribution in [0.25, 0.3) is 0 Å². The zero-order valence-electron chi connectivity index (χ0n) is 10.6. The molecule has 0 heterocycles. The summed E-state index contributed by atoms with van der Waals surface area (Å²) in [6.07, 6.45) is 2.47. The van der Waals surface area contributed by atoms with E-state index in [1.807, 2.05) is 6.92 Å². The molecule has 0 atom stereocenters. The van der Waals surface area contributed by atoms with Crippen molar-refractivity contribution >= 4 is 5.91 Å². The molecule has 4 nitrogen and oxygen atoms in total. The molecule has 0 aromatic rings. The SMILES string of the molecule is CCOC1CC(NCC(=O)NCC(C)C)C1. The van der Waals surface area contributed by atoms with Crippen LogP contribution in [0.1, 0.15) is 33.6 Å². The molecule has 0 unspecified atom stereocenters. The molecule has 1 aliphatic carbocycles. The fourth-order valence-electron chi connectivity index (χ4n) is 1.72. The topological polar surface area (TPSA) is 50.4 Å². The molecule has 0 spiro atoms. The Morgan fingerprint density at radius 3 is 2.69 bits per heavy atom. The molecule has 1 amide bonds. The van der Waals surface area contributed by atoms with Gasteiger partial charge < -0.3 is 15.4 Å². The Bertz CT molecular complexity index is 213. The lowest BCUT2D eigenvalue weighted by Gasteiger charge is -2.35. The second-order valence-electron chi connectivity index (χ2n) is 4.82. The quantitative estimate of drug-likeness (QED) is 0.681. The molecule has 1 fully saturated rings. The van der Waals surface area contributed by atoms with Crippen LogP contribution in [0.15, 0.2) is 0 Å². The highest BCUT2D eigenvalue weighted by atomic mass is 16.5. The van der Waals surface area contributed by atoms with Gasteiger partial charge in [0.15, 0.2) is 0 Å². The Morgan fingerprint density at radius 1 is 1.44 bits per heavy atom. The van der Waals surface area contributed by atoms with Crippen molar-refractivity contribution in [1.82, 2.24) is 10.6 Å². The summed E-state index contributed by atoms with van der Waals surface area (Å²) in [5, 5.41) is 6.13. The number of nitrogens with one attached hydrogen (secondary N) is 2. The fourth-order valence-corrected chi connectivity index (χ4v) is 1.72. The summed E-state index contributed by atoms with van der Waals surface area (Å²) in [4.78, 5) is 11.4. The van der Waals surface area contributed by atoms with Gasteiger partial charge in [-0.15, -0.1) is 0 Å². The van der Waals surface area contributed by atoms with Crippen LogP contribution in [0, 0.1) is 5.92 Å². The molecule has 1 saturated carbocycles. The van der Waals surface area contributed by atoms with Crippen molar-refractivity contribution in [3.63, 3.8) is 0 Å². The number of ether oxygens (including phenoxy) is 1. The summed E-state index contributed by atoms with van der Waals surface area (Å²) in [5.74, 6) is 0.601. The Hall–Kier alpha value is -0.610. The first-order valence-electron chi connectivity index (χ1n) is 6.23. The van der Waals surface area contributed by atoms with E-state index in [1.54, 1.807) is 0 Å². The van der Waals surface area contributed by atoms with Gasteiger partial charge in [0.25, 0.3) is 0 Å². The molecule has 16 heavy (non-hydrogen) atoms. The number of amides is 1. The van der Waals surface area contributed by atoms with Gasteiger partial charge in [0.2, 0.25) is 5.91 Å². The van der Waals surface area contributed by atoms with E-state index in [1.165, 1.54) is 0 Å². The first kappa shape index (κ1) is 13.5. The van der Waals surface area contributed by atoms with Gasteiger partial charge >= 0.3 is 0 Å². The van der Waals surface area contributed by atoms with Crippen LogP contribution < -0.4 is 10.6 Å². The van der Waals surface area contributed by atoms with Crippen molar-refractivity contribution in [3.8, 4) is 0 Å². The highest BCUT2D eigenvalue weighted by Gasteiger charge is 2.29. The second-order valence-corrected chi connectivity index (χ2v) is 4.82. The van der Waals surface area contributed by atoms with E-state index >= 15 is 0 Å². The van der Waals surface area contributed by atoms with Crippen LogP contribution in [0.2, 0.25) is 0 Å². The molecule has 1 rings (SSSR count). The van der Waals surface area contributed by atoms with E-state index in [-0.39, 0.29) is 5.91 Å². The molecule has 1 aliphatic rings. The Labute approximate surface area is 98.1 Å². The fraction of sp³-hybridized carbons (Fsp3) is 0.917. The van der Waals surface area contributed by atoms with Crippen molar-refractivity contribution in [3.05, 3.63) is 0 Å². The predicted octanol–water partition coefficient (Wildman–Crippen LogP) is 0.916. The minimum Gasteiger partial charge on any atom is -0.378 e. The van der Waals surface area contributed by atoms with Gasteiger partial charge in [0, 0.05) is 19.2 Å². The third-order valence-corrected chi connectivity index (χ3v) is 2.76. The molecular formula is C12H24N2O2. The van der Waals surface area contributed by atoms with Gasteiger partial charge in [-0.2, -0.15) is 0 Å². The summed E-state index contributed by atoms with van der Waals surface area (Å²) in [7, 11) is 0. The molecule has 0 aromatic heterocycles. The van der Waals surface area contributed by atoms with E-state index in [9.17, 15) is 4.79 Å². The van der Waals surface area contributed by atoms with Crippen LogP contribution in [0.4, 0.5) is 0 Å². The van der Waals surface area contributed by atoms with Crippen molar-refractivity contribution in [2.75, 3.05) is 19.7 Å². The normalized spacial score (nSPS) is 24.2. The van der Waals surface area contributed by atoms with Crippen LogP contribution in [0.3, 0.4) is 0 Å². The summed E-state index contributed by atoms with van der Waals surface area (Å²) in [6.45, 7) is 8.16. The maximum atomic E-state index is 11.4. The molecule has 4 heteroatoms. The molecule has 0 radical (unpaired) electrons. The number of carbonyl (C=O) groups excluding carboxylic acids is 1. The smallest absolute Gasteiger partial charge is 0.233 e. The number of rotatable bonds is 7. The zero-order chi connectivity index (χ0) is 12.0. The molecule has 94 valence electrons. The first-order chi connectivity index (χ1) is 7.61. The molecule has 0 aliphatic heterocycles. The third kappa shape index (κ3) is 4.94. The Balaban J connectivity index is 1.97. The maximum Gasteiger partial charge on any atom is 0.233 e. The highest BCUT2D eigenvalue weighted by Crippen LogP contribution is 2.22. The molecular weight excluding hydrogens is 204 g/mol. The molecule has 0 saturated heterocycles. The van der Waals surface area contributed by atoms with Gasteiger partial charge in [-0.25, -0.2) is 0 Å². The highest BCUT2D eigenvalue weighted by molar-refractivity contribution is 5.78. The minimum atomic E-state index is 0.0913. The summed E-state index contributed by atoms with van der Waals surface area (Å²) >= 11 is 0. The lowest BCUT2D eigenvalue weighted by atomic mass is 9.89. The summed E-state index contributed by atoms with van der Waals surface area (Å²) < 4.78 is 5.45. The Kier molecular flexibility index (Phi) is 5.77. The predicted molar refractivity (Wildman–Crippen MR) is 64.3 cm³/mol. The van der Waals surface area contributed by atoms with Crippen molar-refractivity contribution in [2.45, 2.75) is 45.8 Å². The van der Waals surface area contributed by atoms with Crippen molar-refractivity contribution in [2.24, 2.45) is 5.92 Å². The van der Waals surface area contributed by atoms with E-state index < -0.39 is 0 Å². The average molecular weight is 228 g/mol. The molecule has 2 N–H and O–H groups in total. The largest absolute Gasteiger partial charge is 0.378 e. The third-order valence-electron chi connectivity index (χ3n) is 2.76. The monoisotopic (exact) mass is 228 g/mol. The minimum absolute atomic E-state index is 0.0913. The Morgan fingerprint density at radius 2 is 2.12 bits per heavy atom. The van der Waals surface area contributed by atoms with Gasteiger partial charge in [-0.3, -0.25) is 4.79 Å². The molecule has 0 aromatic carbocycles. The summed E-state index contributed by atoms with van der Waals surface area (Å²) in [6, 6.07) is 0.460. The second kappa shape index (κ2) is 6.86. The number of hydrogen-bond donors (Lipinski definition) is 2. The van der Waals surface area contributed by atoms with Gasteiger partial charge in [0.1, 0.15) is 0 Å². The van der Waals surface area contributed by atoms with Gasteiger partial charge in [-0.1, -0.05) is 13.8 Å². The van der Waals surface area contributed by atoms with E-state index in [2.05, 4.69) is 24.5 Å². The van der Waals surface area contributed by atoms with E-state index in [0.717, 1.165) is 26.0 Å². The van der Waals surface area contributed by atoms with Crippen LogP contribution in [-0.2, 0) is 9.53 Å². The van der Waals surface area contributed by atoms with E-state index in [0.29, 0.717) is 24.6 Å². The van der Waals surface area contributed by atoms with Gasteiger partial charge in [-0.05, 0) is 25.7 Å². The maximum absolute atomic E-state index is 11.4. The van der Waals surface area contributed by atoms with Gasteiger partial charge in [0.05, 0.1) is 12.6 Å². The number of carbonyl (C=O) groups is 1. The lowest BCUT2D eigenvalue weighted by Crippen LogP contribution is -2.48. The standard InChI is InChI=1S/C12H24N2O2/c1-4-16-11-5-10(6-11)13-8-12(15)14-7-9(2)3/h9-11,13H,4-8H2,1-3H3,(H,14,15). The number of hydrogen-bond acceptors (Lipinski definition) is 3. The molecule has 0 bridgehead atoms. The first-order valence-corrected chi connectivity index (χ1v) is 6.23. The van der Waals surface area contributed by atoms with Crippen LogP contribution >= 0.6 is 0 Å².